The Balaban J connectivity index is 1.68. The monoisotopic (exact) mass is 433 g/mol. The summed E-state index contributed by atoms with van der Waals surface area (Å²) in [5, 5.41) is 8.53. The number of halogens is 2. The molecule has 3 heterocycles. The zero-order valence-electron chi connectivity index (χ0n) is 12.1. The van der Waals surface area contributed by atoms with Crippen LogP contribution in [0.1, 0.15) is 0 Å². The average molecular weight is 433 g/mol. The van der Waals surface area contributed by atoms with E-state index in [9.17, 15) is 4.39 Å². The second-order valence-corrected chi connectivity index (χ2v) is 6.01. The molecule has 0 saturated heterocycles. The van der Waals surface area contributed by atoms with Crippen LogP contribution in [0.3, 0.4) is 0 Å². The van der Waals surface area contributed by atoms with Gasteiger partial charge in [0.15, 0.2) is 5.82 Å². The Morgan fingerprint density at radius 1 is 1.00 bits per heavy atom. The molecule has 0 amide bonds. The van der Waals surface area contributed by atoms with Gasteiger partial charge in [-0.05, 0) is 46.9 Å². The molecule has 7 nitrogen and oxygen atoms in total. The summed E-state index contributed by atoms with van der Waals surface area (Å²) >= 11 is 2.18. The van der Waals surface area contributed by atoms with Crippen molar-refractivity contribution in [2.45, 2.75) is 0 Å². The van der Waals surface area contributed by atoms with E-state index in [0.717, 1.165) is 9.26 Å². The topological polar surface area (TPSA) is 74.3 Å². The highest BCUT2D eigenvalue weighted by atomic mass is 127. The molecule has 0 radical (unpaired) electrons. The summed E-state index contributed by atoms with van der Waals surface area (Å²) < 4.78 is 17.2. The number of hydrogen-bond acceptors (Lipinski definition) is 5. The summed E-state index contributed by atoms with van der Waals surface area (Å²) in [6, 6.07) is 6.13. The third-order valence-corrected chi connectivity index (χ3v) is 4.08. The van der Waals surface area contributed by atoms with E-state index in [2.05, 4.69) is 47.7 Å². The summed E-state index contributed by atoms with van der Waals surface area (Å²) in [6.07, 6.45) is 8.09. The predicted octanol–water partition coefficient (Wildman–Crippen LogP) is 2.65. The van der Waals surface area contributed by atoms with Gasteiger partial charge in [-0.25, -0.2) is 28.7 Å². The van der Waals surface area contributed by atoms with Gasteiger partial charge in [-0.1, -0.05) is 0 Å². The van der Waals surface area contributed by atoms with Gasteiger partial charge in [0.2, 0.25) is 0 Å². The Labute approximate surface area is 149 Å². The van der Waals surface area contributed by atoms with Crippen LogP contribution in [0.15, 0.2) is 55.5 Å². The summed E-state index contributed by atoms with van der Waals surface area (Å²) in [5.41, 5.74) is 2.12. The molecule has 4 aromatic rings. The molecule has 0 N–H and O–H groups in total. The maximum absolute atomic E-state index is 13.0. The zero-order valence-corrected chi connectivity index (χ0v) is 14.2. The molecule has 0 aliphatic heterocycles. The lowest BCUT2D eigenvalue weighted by atomic mass is 10.3. The minimum absolute atomic E-state index is 0.282. The molecule has 0 fully saturated rings. The molecule has 0 saturated carbocycles. The molecule has 0 unspecified atom stereocenters. The van der Waals surface area contributed by atoms with Crippen molar-refractivity contribution < 1.29 is 4.39 Å². The summed E-state index contributed by atoms with van der Waals surface area (Å²) in [4.78, 5) is 12.6. The van der Waals surface area contributed by atoms with E-state index in [4.69, 9.17) is 0 Å². The van der Waals surface area contributed by atoms with Crippen molar-refractivity contribution in [3.05, 3.63) is 64.9 Å². The lowest BCUT2D eigenvalue weighted by Gasteiger charge is -2.01. The van der Waals surface area contributed by atoms with Crippen molar-refractivity contribution in [1.82, 2.24) is 34.5 Å². The van der Waals surface area contributed by atoms with Crippen molar-refractivity contribution in [3.63, 3.8) is 0 Å². The van der Waals surface area contributed by atoms with E-state index >= 15 is 0 Å². The van der Waals surface area contributed by atoms with Crippen LogP contribution in [0.4, 0.5) is 4.39 Å². The molecule has 0 aliphatic rings. The van der Waals surface area contributed by atoms with Crippen molar-refractivity contribution in [2.75, 3.05) is 0 Å². The molecule has 9 heteroatoms. The van der Waals surface area contributed by atoms with Crippen molar-refractivity contribution in [3.8, 4) is 22.9 Å². The minimum Gasteiger partial charge on any atom is -0.249 e. The molecular formula is C15H9FIN7. The fraction of sp³-hybridized carbons (Fsp3) is 0. The first kappa shape index (κ1) is 14.9. The zero-order chi connectivity index (χ0) is 16.5. The molecule has 4 rings (SSSR count). The quantitative estimate of drug-likeness (QED) is 0.465. The van der Waals surface area contributed by atoms with Gasteiger partial charge in [0, 0.05) is 6.20 Å². The van der Waals surface area contributed by atoms with Crippen LogP contribution in [0.2, 0.25) is 0 Å². The molecule has 118 valence electrons. The minimum atomic E-state index is -0.282. The lowest BCUT2D eigenvalue weighted by Crippen LogP contribution is -2.00. The second-order valence-electron chi connectivity index (χ2n) is 4.85. The predicted molar refractivity (Wildman–Crippen MR) is 92.2 cm³/mol. The van der Waals surface area contributed by atoms with Crippen LogP contribution >= 0.6 is 22.6 Å². The SMILES string of the molecule is Fc1ccc(-n2cc(I)c(-c3cnc(-n4cncn4)cn3)n2)cc1. The van der Waals surface area contributed by atoms with Crippen LogP contribution in [0.5, 0.6) is 0 Å². The number of hydrogen-bond donors (Lipinski definition) is 0. The van der Waals surface area contributed by atoms with Crippen molar-refractivity contribution in [1.29, 1.82) is 0 Å². The van der Waals surface area contributed by atoms with Gasteiger partial charge in [0.25, 0.3) is 0 Å². The number of rotatable bonds is 3. The Kier molecular flexibility index (Phi) is 3.76. The van der Waals surface area contributed by atoms with E-state index in [-0.39, 0.29) is 5.82 Å². The van der Waals surface area contributed by atoms with Crippen LogP contribution in [-0.4, -0.2) is 34.5 Å². The molecular weight excluding hydrogens is 424 g/mol. The number of benzene rings is 1. The van der Waals surface area contributed by atoms with Crippen molar-refractivity contribution in [2.24, 2.45) is 0 Å². The van der Waals surface area contributed by atoms with Crippen molar-refractivity contribution >= 4 is 22.6 Å². The standard InChI is InChI=1S/C15H9FIN7/c16-10-1-3-11(4-2-10)23-7-12(17)15(22-23)13-5-20-14(6-19-13)24-9-18-8-21-24/h1-9H. The molecule has 0 atom stereocenters. The third-order valence-electron chi connectivity index (χ3n) is 3.30. The second kappa shape index (κ2) is 6.07. The number of nitrogens with zero attached hydrogens (tertiary/aromatic N) is 7. The van der Waals surface area contributed by atoms with Crippen LogP contribution in [0, 0.1) is 9.39 Å². The molecule has 3 aromatic heterocycles. The smallest absolute Gasteiger partial charge is 0.173 e. The van der Waals surface area contributed by atoms with Crippen LogP contribution in [-0.2, 0) is 0 Å². The fourth-order valence-corrected chi connectivity index (χ4v) is 2.79. The summed E-state index contributed by atoms with van der Waals surface area (Å²) in [7, 11) is 0. The molecule has 0 aliphatic carbocycles. The first-order valence-corrected chi connectivity index (χ1v) is 7.97. The van der Waals surface area contributed by atoms with Gasteiger partial charge in [-0.2, -0.15) is 10.2 Å². The third kappa shape index (κ3) is 2.77. The highest BCUT2D eigenvalue weighted by molar-refractivity contribution is 14.1. The van der Waals surface area contributed by atoms with Gasteiger partial charge in [0.05, 0.1) is 21.7 Å². The molecule has 0 spiro atoms. The first-order valence-electron chi connectivity index (χ1n) is 6.89. The van der Waals surface area contributed by atoms with Gasteiger partial charge in [0.1, 0.15) is 29.9 Å². The van der Waals surface area contributed by atoms with Gasteiger partial charge in [-0.3, -0.25) is 0 Å². The van der Waals surface area contributed by atoms with Gasteiger partial charge < -0.3 is 0 Å². The van der Waals surface area contributed by atoms with E-state index in [0.29, 0.717) is 17.2 Å². The van der Waals surface area contributed by atoms with Crippen LogP contribution in [0.25, 0.3) is 22.9 Å². The van der Waals surface area contributed by atoms with E-state index in [1.54, 1.807) is 35.5 Å². The van der Waals surface area contributed by atoms with Crippen LogP contribution < -0.4 is 0 Å². The largest absolute Gasteiger partial charge is 0.249 e. The summed E-state index contributed by atoms with van der Waals surface area (Å²) in [6.45, 7) is 0. The Bertz CT molecular complexity index is 962. The summed E-state index contributed by atoms with van der Waals surface area (Å²) in [5.74, 6) is 0.291. The van der Waals surface area contributed by atoms with E-state index in [1.165, 1.54) is 23.1 Å². The highest BCUT2D eigenvalue weighted by Crippen LogP contribution is 2.23. The molecule has 24 heavy (non-hydrogen) atoms. The highest BCUT2D eigenvalue weighted by Gasteiger charge is 2.12. The molecule has 1 aromatic carbocycles. The average Bonchev–Trinajstić information content (AvgIpc) is 3.26. The van der Waals surface area contributed by atoms with Gasteiger partial charge >= 0.3 is 0 Å². The Morgan fingerprint density at radius 3 is 2.50 bits per heavy atom. The first-order chi connectivity index (χ1) is 11.7. The Morgan fingerprint density at radius 2 is 1.83 bits per heavy atom. The maximum atomic E-state index is 13.0. The Hall–Kier alpha value is -2.69. The van der Waals surface area contributed by atoms with E-state index in [1.807, 2.05) is 6.20 Å². The van der Waals surface area contributed by atoms with E-state index < -0.39 is 0 Å². The normalized spacial score (nSPS) is 10.9. The number of aromatic nitrogens is 7. The fourth-order valence-electron chi connectivity index (χ4n) is 2.14. The lowest BCUT2D eigenvalue weighted by molar-refractivity contribution is 0.627. The molecule has 0 bridgehead atoms. The van der Waals surface area contributed by atoms with Gasteiger partial charge in [-0.15, -0.1) is 0 Å². The maximum Gasteiger partial charge on any atom is 0.173 e.